The lowest BCUT2D eigenvalue weighted by atomic mass is 10.1. The highest BCUT2D eigenvalue weighted by molar-refractivity contribution is 5.81. The third kappa shape index (κ3) is 4.52. The van der Waals surface area contributed by atoms with Crippen molar-refractivity contribution in [2.24, 2.45) is 0 Å². The van der Waals surface area contributed by atoms with Crippen molar-refractivity contribution in [2.45, 2.75) is 13.3 Å². The summed E-state index contributed by atoms with van der Waals surface area (Å²) in [6, 6.07) is 15.8. The van der Waals surface area contributed by atoms with Gasteiger partial charge in [-0.15, -0.1) is 0 Å². The number of methoxy groups -OCH3 is 1. The SMILES string of the molecule is COc1ccccc1NCC(=O)NCCc1ccccc1C. The fourth-order valence-corrected chi connectivity index (χ4v) is 2.26. The van der Waals surface area contributed by atoms with Crippen LogP contribution in [0.4, 0.5) is 5.69 Å². The Kier molecular flexibility index (Phi) is 5.83. The van der Waals surface area contributed by atoms with Crippen molar-refractivity contribution < 1.29 is 9.53 Å². The number of carbonyl (C=O) groups is 1. The quantitative estimate of drug-likeness (QED) is 0.826. The molecular formula is C18H22N2O2. The molecule has 0 atom stereocenters. The van der Waals surface area contributed by atoms with Crippen molar-refractivity contribution in [2.75, 3.05) is 25.5 Å². The molecule has 2 aromatic carbocycles. The van der Waals surface area contributed by atoms with Crippen molar-refractivity contribution in [1.29, 1.82) is 0 Å². The molecule has 22 heavy (non-hydrogen) atoms. The normalized spacial score (nSPS) is 10.1. The van der Waals surface area contributed by atoms with Gasteiger partial charge in [0.1, 0.15) is 5.75 Å². The van der Waals surface area contributed by atoms with Gasteiger partial charge in [-0.25, -0.2) is 0 Å². The summed E-state index contributed by atoms with van der Waals surface area (Å²) in [5.74, 6) is 0.703. The van der Waals surface area contributed by atoms with E-state index in [2.05, 4.69) is 29.7 Å². The van der Waals surface area contributed by atoms with Crippen molar-refractivity contribution in [3.63, 3.8) is 0 Å². The molecule has 0 unspecified atom stereocenters. The predicted molar refractivity (Wildman–Crippen MR) is 89.4 cm³/mol. The van der Waals surface area contributed by atoms with E-state index in [1.165, 1.54) is 11.1 Å². The van der Waals surface area contributed by atoms with Crippen LogP contribution < -0.4 is 15.4 Å². The van der Waals surface area contributed by atoms with Crippen LogP contribution >= 0.6 is 0 Å². The lowest BCUT2D eigenvalue weighted by molar-refractivity contribution is -0.119. The van der Waals surface area contributed by atoms with E-state index in [4.69, 9.17) is 4.74 Å². The number of ether oxygens (including phenoxy) is 1. The van der Waals surface area contributed by atoms with Crippen LogP contribution in [0.15, 0.2) is 48.5 Å². The highest BCUT2D eigenvalue weighted by Gasteiger charge is 2.05. The number of hydrogen-bond acceptors (Lipinski definition) is 3. The topological polar surface area (TPSA) is 50.4 Å². The molecule has 0 spiro atoms. The smallest absolute Gasteiger partial charge is 0.239 e. The third-order valence-corrected chi connectivity index (χ3v) is 3.52. The molecule has 2 aromatic rings. The number of rotatable bonds is 7. The maximum Gasteiger partial charge on any atom is 0.239 e. The summed E-state index contributed by atoms with van der Waals surface area (Å²) in [5.41, 5.74) is 3.34. The summed E-state index contributed by atoms with van der Waals surface area (Å²) in [5, 5.41) is 6.01. The molecule has 0 aliphatic rings. The summed E-state index contributed by atoms with van der Waals surface area (Å²) >= 11 is 0. The molecule has 0 fully saturated rings. The van der Waals surface area contributed by atoms with Crippen LogP contribution in [-0.4, -0.2) is 26.1 Å². The van der Waals surface area contributed by atoms with Gasteiger partial charge < -0.3 is 15.4 Å². The van der Waals surface area contributed by atoms with Crippen molar-refractivity contribution in [3.8, 4) is 5.75 Å². The lowest BCUT2D eigenvalue weighted by Crippen LogP contribution is -2.31. The molecule has 2 rings (SSSR count). The molecule has 0 radical (unpaired) electrons. The van der Waals surface area contributed by atoms with Crippen LogP contribution in [0.25, 0.3) is 0 Å². The lowest BCUT2D eigenvalue weighted by Gasteiger charge is -2.11. The monoisotopic (exact) mass is 298 g/mol. The van der Waals surface area contributed by atoms with Crippen LogP contribution in [0.3, 0.4) is 0 Å². The standard InChI is InChI=1S/C18H22N2O2/c1-14-7-3-4-8-15(14)11-12-19-18(21)13-20-16-9-5-6-10-17(16)22-2/h3-10,20H,11-13H2,1-2H3,(H,19,21). The van der Waals surface area contributed by atoms with Gasteiger partial charge in [-0.2, -0.15) is 0 Å². The molecule has 0 saturated carbocycles. The number of anilines is 1. The highest BCUT2D eigenvalue weighted by Crippen LogP contribution is 2.22. The maximum atomic E-state index is 11.9. The van der Waals surface area contributed by atoms with E-state index in [-0.39, 0.29) is 12.5 Å². The minimum atomic E-state index is -0.0282. The Bertz CT molecular complexity index is 626. The van der Waals surface area contributed by atoms with Gasteiger partial charge >= 0.3 is 0 Å². The largest absolute Gasteiger partial charge is 0.495 e. The van der Waals surface area contributed by atoms with Crippen LogP contribution in [0.5, 0.6) is 5.75 Å². The van der Waals surface area contributed by atoms with Gasteiger partial charge in [0, 0.05) is 6.54 Å². The molecule has 0 aromatic heterocycles. The van der Waals surface area contributed by atoms with Crippen molar-refractivity contribution >= 4 is 11.6 Å². The summed E-state index contributed by atoms with van der Waals surface area (Å²) < 4.78 is 5.24. The maximum absolute atomic E-state index is 11.9. The number of para-hydroxylation sites is 2. The van der Waals surface area contributed by atoms with E-state index in [0.29, 0.717) is 6.54 Å². The third-order valence-electron chi connectivity index (χ3n) is 3.52. The van der Waals surface area contributed by atoms with E-state index < -0.39 is 0 Å². The van der Waals surface area contributed by atoms with Gasteiger partial charge in [-0.05, 0) is 36.6 Å². The van der Waals surface area contributed by atoms with Crippen LogP contribution in [0.2, 0.25) is 0 Å². The molecule has 116 valence electrons. The number of aryl methyl sites for hydroxylation is 1. The first-order valence-corrected chi connectivity index (χ1v) is 7.39. The van der Waals surface area contributed by atoms with E-state index in [0.717, 1.165) is 17.9 Å². The zero-order valence-electron chi connectivity index (χ0n) is 13.1. The Hall–Kier alpha value is -2.49. The van der Waals surface area contributed by atoms with Gasteiger partial charge in [0.2, 0.25) is 5.91 Å². The Morgan fingerprint density at radius 2 is 1.82 bits per heavy atom. The van der Waals surface area contributed by atoms with E-state index in [1.54, 1.807) is 7.11 Å². The second-order valence-corrected chi connectivity index (χ2v) is 5.08. The Morgan fingerprint density at radius 1 is 1.09 bits per heavy atom. The Labute approximate surface area is 131 Å². The van der Waals surface area contributed by atoms with Gasteiger partial charge in [0.25, 0.3) is 0 Å². The van der Waals surface area contributed by atoms with Crippen LogP contribution in [-0.2, 0) is 11.2 Å². The second kappa shape index (κ2) is 8.08. The minimum absolute atomic E-state index is 0.0282. The molecule has 1 amide bonds. The van der Waals surface area contributed by atoms with Gasteiger partial charge in [0.15, 0.2) is 0 Å². The molecular weight excluding hydrogens is 276 g/mol. The summed E-state index contributed by atoms with van der Waals surface area (Å²) in [4.78, 5) is 11.9. The van der Waals surface area contributed by atoms with Crippen molar-refractivity contribution in [3.05, 3.63) is 59.7 Å². The number of hydrogen-bond donors (Lipinski definition) is 2. The molecule has 0 bridgehead atoms. The number of amides is 1. The summed E-state index contributed by atoms with van der Waals surface area (Å²) in [7, 11) is 1.61. The predicted octanol–water partition coefficient (Wildman–Crippen LogP) is 2.77. The summed E-state index contributed by atoms with van der Waals surface area (Å²) in [6.07, 6.45) is 0.840. The Balaban J connectivity index is 1.75. The molecule has 2 N–H and O–H groups in total. The molecule has 4 nitrogen and oxygen atoms in total. The molecule has 0 saturated heterocycles. The molecule has 0 heterocycles. The summed E-state index contributed by atoms with van der Waals surface area (Å²) in [6.45, 7) is 2.95. The molecule has 4 heteroatoms. The number of benzene rings is 2. The molecule has 0 aliphatic carbocycles. The first-order valence-electron chi connectivity index (χ1n) is 7.39. The first-order chi connectivity index (χ1) is 10.7. The van der Waals surface area contributed by atoms with Crippen molar-refractivity contribution in [1.82, 2.24) is 5.32 Å². The fourth-order valence-electron chi connectivity index (χ4n) is 2.26. The first kappa shape index (κ1) is 15.9. The average molecular weight is 298 g/mol. The zero-order chi connectivity index (χ0) is 15.8. The highest BCUT2D eigenvalue weighted by atomic mass is 16.5. The van der Waals surface area contributed by atoms with Crippen LogP contribution in [0.1, 0.15) is 11.1 Å². The average Bonchev–Trinajstić information content (AvgIpc) is 2.55. The molecule has 0 aliphatic heterocycles. The minimum Gasteiger partial charge on any atom is -0.495 e. The second-order valence-electron chi connectivity index (χ2n) is 5.08. The van der Waals surface area contributed by atoms with E-state index in [9.17, 15) is 4.79 Å². The number of carbonyl (C=O) groups excluding carboxylic acids is 1. The van der Waals surface area contributed by atoms with Crippen LogP contribution in [0, 0.1) is 6.92 Å². The van der Waals surface area contributed by atoms with E-state index in [1.807, 2.05) is 36.4 Å². The number of nitrogens with one attached hydrogen (secondary N) is 2. The fraction of sp³-hybridized carbons (Fsp3) is 0.278. The van der Waals surface area contributed by atoms with E-state index >= 15 is 0 Å². The Morgan fingerprint density at radius 3 is 2.59 bits per heavy atom. The van der Waals surface area contributed by atoms with Gasteiger partial charge in [0.05, 0.1) is 19.3 Å². The van der Waals surface area contributed by atoms with Gasteiger partial charge in [-0.1, -0.05) is 36.4 Å². The van der Waals surface area contributed by atoms with Gasteiger partial charge in [-0.3, -0.25) is 4.79 Å². The zero-order valence-corrected chi connectivity index (χ0v) is 13.1.